The van der Waals surface area contributed by atoms with Crippen LogP contribution < -0.4 is 10.2 Å². The minimum atomic E-state index is -0.0285. The van der Waals surface area contributed by atoms with E-state index in [0.29, 0.717) is 13.2 Å². The number of nitrogens with one attached hydrogen (secondary N) is 1. The van der Waals surface area contributed by atoms with Crippen LogP contribution in [0.2, 0.25) is 0 Å². The van der Waals surface area contributed by atoms with Crippen LogP contribution in [0.4, 0.5) is 11.4 Å². The zero-order chi connectivity index (χ0) is 17.2. The fourth-order valence-corrected chi connectivity index (χ4v) is 3.43. The van der Waals surface area contributed by atoms with E-state index >= 15 is 0 Å². The van der Waals surface area contributed by atoms with Crippen molar-refractivity contribution in [3.8, 4) is 0 Å². The minimum Gasteiger partial charge on any atom is -0.376 e. The number of fused-ring (bicyclic) bond motifs is 3. The van der Waals surface area contributed by atoms with E-state index in [-0.39, 0.29) is 18.0 Å². The van der Waals surface area contributed by atoms with Crippen molar-refractivity contribution in [2.75, 3.05) is 16.8 Å². The Bertz CT molecular complexity index is 801. The quantitative estimate of drug-likeness (QED) is 0.515. The van der Waals surface area contributed by atoms with Crippen LogP contribution >= 0.6 is 0 Å². The maximum absolute atomic E-state index is 12.6. The topological polar surface area (TPSA) is 50.8 Å². The van der Waals surface area contributed by atoms with Gasteiger partial charge in [0.2, 0.25) is 0 Å². The Hall–Kier alpha value is -2.63. The average molecular weight is 336 g/mol. The molecule has 2 aromatic rings. The molecule has 2 aromatic carbocycles. The summed E-state index contributed by atoms with van der Waals surface area (Å²) >= 11 is 0. The van der Waals surface area contributed by atoms with Crippen LogP contribution in [0.25, 0.3) is 0 Å². The van der Waals surface area contributed by atoms with Crippen LogP contribution in [0, 0.1) is 0 Å². The summed E-state index contributed by atoms with van der Waals surface area (Å²) < 4.78 is 0. The van der Waals surface area contributed by atoms with Gasteiger partial charge >= 0.3 is 0 Å². The standard InChI is InChI=1S/C20H20N2O3/c1-2-24-25-13-14-7-9-15(10-8-14)22-19(23)12-11-18-20(22)16-5-3-4-6-17(16)21-18/h3-12,18,20-21H,2,13H2,1H3. The van der Waals surface area contributed by atoms with Crippen molar-refractivity contribution in [2.45, 2.75) is 25.6 Å². The summed E-state index contributed by atoms with van der Waals surface area (Å²) in [5, 5.41) is 3.49. The van der Waals surface area contributed by atoms with E-state index in [9.17, 15) is 4.79 Å². The van der Waals surface area contributed by atoms with Gasteiger partial charge in [0, 0.05) is 23.0 Å². The number of carbonyl (C=O) groups is 1. The molecule has 1 N–H and O–H groups in total. The van der Waals surface area contributed by atoms with Gasteiger partial charge in [-0.15, -0.1) is 0 Å². The Morgan fingerprint density at radius 3 is 2.68 bits per heavy atom. The van der Waals surface area contributed by atoms with E-state index in [0.717, 1.165) is 22.5 Å². The van der Waals surface area contributed by atoms with Gasteiger partial charge in [0.1, 0.15) is 6.61 Å². The fourth-order valence-electron chi connectivity index (χ4n) is 3.43. The number of anilines is 2. The molecule has 5 nitrogen and oxygen atoms in total. The van der Waals surface area contributed by atoms with Crippen LogP contribution in [-0.2, 0) is 21.2 Å². The lowest BCUT2D eigenvalue weighted by Crippen LogP contribution is -2.42. The maximum atomic E-state index is 12.6. The maximum Gasteiger partial charge on any atom is 0.251 e. The Morgan fingerprint density at radius 2 is 1.88 bits per heavy atom. The number of benzene rings is 2. The molecule has 0 aliphatic carbocycles. The molecule has 0 fully saturated rings. The van der Waals surface area contributed by atoms with Crippen molar-refractivity contribution in [2.24, 2.45) is 0 Å². The van der Waals surface area contributed by atoms with Crippen LogP contribution in [-0.4, -0.2) is 18.6 Å². The number of rotatable bonds is 5. The number of hydrogen-bond acceptors (Lipinski definition) is 4. The Balaban J connectivity index is 1.62. The summed E-state index contributed by atoms with van der Waals surface area (Å²) in [7, 11) is 0. The highest BCUT2D eigenvalue weighted by atomic mass is 17.2. The van der Waals surface area contributed by atoms with Crippen LogP contribution in [0.15, 0.2) is 60.7 Å². The zero-order valence-corrected chi connectivity index (χ0v) is 14.0. The van der Waals surface area contributed by atoms with E-state index in [1.807, 2.05) is 54.3 Å². The molecule has 1 amide bonds. The first-order chi connectivity index (χ1) is 12.3. The van der Waals surface area contributed by atoms with Crippen molar-refractivity contribution < 1.29 is 14.6 Å². The second-order valence-corrected chi connectivity index (χ2v) is 6.10. The van der Waals surface area contributed by atoms with Gasteiger partial charge in [0.25, 0.3) is 5.91 Å². The van der Waals surface area contributed by atoms with Crippen LogP contribution in [0.3, 0.4) is 0 Å². The predicted molar refractivity (Wildman–Crippen MR) is 96.1 cm³/mol. The summed E-state index contributed by atoms with van der Waals surface area (Å²) in [5.41, 5.74) is 4.11. The second-order valence-electron chi connectivity index (χ2n) is 6.10. The third-order valence-corrected chi connectivity index (χ3v) is 4.54. The molecule has 2 aliphatic heterocycles. The Morgan fingerprint density at radius 1 is 1.08 bits per heavy atom. The van der Waals surface area contributed by atoms with Gasteiger partial charge in [-0.2, -0.15) is 0 Å². The molecule has 0 saturated heterocycles. The van der Waals surface area contributed by atoms with Crippen molar-refractivity contribution in [3.05, 3.63) is 71.8 Å². The lowest BCUT2D eigenvalue weighted by molar-refractivity contribution is -0.300. The number of nitrogens with zero attached hydrogens (tertiary/aromatic N) is 1. The normalized spacial score (nSPS) is 21.0. The van der Waals surface area contributed by atoms with Crippen LogP contribution in [0.5, 0.6) is 0 Å². The van der Waals surface area contributed by atoms with Gasteiger partial charge < -0.3 is 5.32 Å². The first-order valence-electron chi connectivity index (χ1n) is 8.48. The van der Waals surface area contributed by atoms with E-state index in [2.05, 4.69) is 17.4 Å². The molecular weight excluding hydrogens is 316 g/mol. The van der Waals surface area contributed by atoms with Gasteiger partial charge in [0.15, 0.2) is 0 Å². The lowest BCUT2D eigenvalue weighted by atomic mass is 9.97. The second kappa shape index (κ2) is 6.70. The molecule has 5 heteroatoms. The molecule has 128 valence electrons. The van der Waals surface area contributed by atoms with Crippen molar-refractivity contribution in [1.29, 1.82) is 0 Å². The Labute approximate surface area is 146 Å². The number of para-hydroxylation sites is 1. The molecule has 0 bridgehead atoms. The summed E-state index contributed by atoms with van der Waals surface area (Å²) in [4.78, 5) is 24.5. The molecule has 0 aromatic heterocycles. The highest BCUT2D eigenvalue weighted by Gasteiger charge is 2.40. The third-order valence-electron chi connectivity index (χ3n) is 4.54. The molecule has 2 atom stereocenters. The average Bonchev–Trinajstić information content (AvgIpc) is 3.01. The van der Waals surface area contributed by atoms with Gasteiger partial charge in [-0.25, -0.2) is 9.78 Å². The molecule has 2 unspecified atom stereocenters. The number of amides is 1. The molecule has 0 spiro atoms. The smallest absolute Gasteiger partial charge is 0.251 e. The third kappa shape index (κ3) is 2.92. The molecule has 0 saturated carbocycles. The first-order valence-corrected chi connectivity index (χ1v) is 8.48. The molecule has 2 aliphatic rings. The first kappa shape index (κ1) is 15.9. The van der Waals surface area contributed by atoms with E-state index < -0.39 is 0 Å². The largest absolute Gasteiger partial charge is 0.376 e. The summed E-state index contributed by atoms with van der Waals surface area (Å²) in [5.74, 6) is -0.00179. The predicted octanol–water partition coefficient (Wildman–Crippen LogP) is 3.59. The SMILES string of the molecule is CCOOCc1ccc(N2C(=O)C=CC3Nc4ccccc4C32)cc1. The fraction of sp³-hybridized carbons (Fsp3) is 0.250. The zero-order valence-electron chi connectivity index (χ0n) is 14.0. The molecule has 25 heavy (non-hydrogen) atoms. The lowest BCUT2D eigenvalue weighted by Gasteiger charge is -2.34. The monoisotopic (exact) mass is 336 g/mol. The van der Waals surface area contributed by atoms with Gasteiger partial charge in [-0.1, -0.05) is 36.4 Å². The molecular formula is C20H20N2O3. The minimum absolute atomic E-state index is 0.00179. The highest BCUT2D eigenvalue weighted by Crippen LogP contribution is 2.42. The van der Waals surface area contributed by atoms with E-state index in [1.165, 1.54) is 0 Å². The van der Waals surface area contributed by atoms with Crippen LogP contribution in [0.1, 0.15) is 24.1 Å². The van der Waals surface area contributed by atoms with Gasteiger partial charge in [0.05, 0.1) is 18.7 Å². The van der Waals surface area contributed by atoms with Crippen molar-refractivity contribution in [1.82, 2.24) is 0 Å². The number of carbonyl (C=O) groups excluding carboxylic acids is 1. The van der Waals surface area contributed by atoms with Crippen molar-refractivity contribution in [3.63, 3.8) is 0 Å². The molecule has 4 rings (SSSR count). The summed E-state index contributed by atoms with van der Waals surface area (Å²) in [6, 6.07) is 16.1. The Kier molecular flexibility index (Phi) is 4.26. The van der Waals surface area contributed by atoms with Gasteiger partial charge in [-0.05, 0) is 30.7 Å². The highest BCUT2D eigenvalue weighted by molar-refractivity contribution is 6.04. The molecule has 0 radical (unpaired) electrons. The van der Waals surface area contributed by atoms with Crippen molar-refractivity contribution >= 4 is 17.3 Å². The van der Waals surface area contributed by atoms with E-state index in [4.69, 9.17) is 9.78 Å². The summed E-state index contributed by atoms with van der Waals surface area (Å²) in [6.07, 6.45) is 3.60. The van der Waals surface area contributed by atoms with Gasteiger partial charge in [-0.3, -0.25) is 9.69 Å². The van der Waals surface area contributed by atoms with E-state index in [1.54, 1.807) is 6.08 Å². The molecule has 2 heterocycles. The number of hydrogen-bond donors (Lipinski definition) is 1. The summed E-state index contributed by atoms with van der Waals surface area (Å²) in [6.45, 7) is 2.78.